The molecule has 11 heteroatoms. The number of carbonyl (C=O) groups excluding carboxylic acids is 1. The van der Waals surface area contributed by atoms with Gasteiger partial charge in [-0.05, 0) is 36.4 Å². The van der Waals surface area contributed by atoms with Crippen LogP contribution in [-0.4, -0.2) is 25.4 Å². The van der Waals surface area contributed by atoms with E-state index >= 15 is 0 Å². The van der Waals surface area contributed by atoms with Crippen LogP contribution in [0.3, 0.4) is 0 Å². The maximum absolute atomic E-state index is 12.3. The van der Waals surface area contributed by atoms with Crippen molar-refractivity contribution in [2.24, 2.45) is 0 Å². The largest absolute Gasteiger partial charge is 0.478 e. The average Bonchev–Trinajstić information content (AvgIpc) is 2.96. The Morgan fingerprint density at radius 3 is 2.52 bits per heavy atom. The molecule has 2 aromatic carbocycles. The first kappa shape index (κ1) is 19.6. The van der Waals surface area contributed by atoms with Crippen LogP contribution < -0.4 is 10.3 Å². The highest BCUT2D eigenvalue weighted by molar-refractivity contribution is 7.89. The van der Waals surface area contributed by atoms with Crippen LogP contribution in [0.2, 0.25) is 10.0 Å². The van der Waals surface area contributed by atoms with Gasteiger partial charge in [0.05, 0.1) is 15.5 Å². The number of hydrazine groups is 1. The van der Waals surface area contributed by atoms with Crippen molar-refractivity contribution in [3.05, 3.63) is 63.0 Å². The molecule has 0 aliphatic heterocycles. The molecule has 0 saturated carbocycles. The number of carbonyl (C=O) groups is 2. The smallest absolute Gasteiger partial charge is 0.335 e. The van der Waals surface area contributed by atoms with Crippen molar-refractivity contribution in [1.29, 1.82) is 0 Å². The Hall–Kier alpha value is -2.17. The van der Waals surface area contributed by atoms with Crippen LogP contribution in [0.4, 0.5) is 0 Å². The van der Waals surface area contributed by atoms with Crippen molar-refractivity contribution in [2.45, 2.75) is 4.90 Å². The highest BCUT2D eigenvalue weighted by atomic mass is 35.5. The molecular formula is C16H10Cl2N2O5S2. The van der Waals surface area contributed by atoms with Crippen molar-refractivity contribution in [2.75, 3.05) is 0 Å². The molecule has 0 atom stereocenters. The van der Waals surface area contributed by atoms with Gasteiger partial charge in [0.25, 0.3) is 15.9 Å². The lowest BCUT2D eigenvalue weighted by molar-refractivity contribution is 0.0696. The van der Waals surface area contributed by atoms with E-state index in [2.05, 4.69) is 5.43 Å². The first-order valence-corrected chi connectivity index (χ1v) is 10.3. The lowest BCUT2D eigenvalue weighted by Crippen LogP contribution is -2.41. The number of thiophene rings is 1. The summed E-state index contributed by atoms with van der Waals surface area (Å²) >= 11 is 13.2. The van der Waals surface area contributed by atoms with Crippen molar-refractivity contribution in [3.8, 4) is 0 Å². The number of hydrogen-bond donors (Lipinski definition) is 3. The van der Waals surface area contributed by atoms with Gasteiger partial charge >= 0.3 is 5.97 Å². The molecule has 3 aromatic rings. The second-order valence-electron chi connectivity index (χ2n) is 5.28. The van der Waals surface area contributed by atoms with Crippen LogP contribution in [0, 0.1) is 0 Å². The number of halogens is 2. The van der Waals surface area contributed by atoms with Crippen LogP contribution >= 0.6 is 34.5 Å². The van der Waals surface area contributed by atoms with E-state index in [4.69, 9.17) is 28.3 Å². The van der Waals surface area contributed by atoms with Gasteiger partial charge in [-0.2, -0.15) is 0 Å². The first-order valence-electron chi connectivity index (χ1n) is 7.22. The van der Waals surface area contributed by atoms with Crippen LogP contribution in [0.5, 0.6) is 0 Å². The van der Waals surface area contributed by atoms with Gasteiger partial charge in [0, 0.05) is 15.1 Å². The zero-order valence-corrected chi connectivity index (χ0v) is 16.3. The first-order chi connectivity index (χ1) is 12.7. The van der Waals surface area contributed by atoms with Gasteiger partial charge in [-0.3, -0.25) is 10.2 Å². The van der Waals surface area contributed by atoms with Crippen molar-refractivity contribution in [3.63, 3.8) is 0 Å². The second kappa shape index (κ2) is 7.45. The van der Waals surface area contributed by atoms with Gasteiger partial charge in [0.15, 0.2) is 0 Å². The third kappa shape index (κ3) is 4.07. The zero-order valence-electron chi connectivity index (χ0n) is 13.2. The van der Waals surface area contributed by atoms with Crippen molar-refractivity contribution >= 4 is 66.5 Å². The summed E-state index contributed by atoms with van der Waals surface area (Å²) in [4.78, 5) is 25.0. The second-order valence-corrected chi connectivity index (χ2v) is 8.83. The molecule has 0 spiro atoms. The Bertz CT molecular complexity index is 1170. The van der Waals surface area contributed by atoms with Crippen LogP contribution in [0.1, 0.15) is 20.0 Å². The van der Waals surface area contributed by atoms with Crippen molar-refractivity contribution in [1.82, 2.24) is 10.3 Å². The summed E-state index contributed by atoms with van der Waals surface area (Å²) in [6.45, 7) is 0. The number of carboxylic acids is 1. The molecule has 3 rings (SSSR count). The lowest BCUT2D eigenvalue weighted by atomic mass is 10.2. The highest BCUT2D eigenvalue weighted by Crippen LogP contribution is 2.36. The van der Waals surface area contributed by atoms with E-state index in [0.29, 0.717) is 15.1 Å². The van der Waals surface area contributed by atoms with Crippen LogP contribution in [-0.2, 0) is 10.0 Å². The van der Waals surface area contributed by atoms with E-state index in [-0.39, 0.29) is 20.4 Å². The molecule has 1 heterocycles. The maximum atomic E-state index is 12.3. The van der Waals surface area contributed by atoms with Crippen molar-refractivity contribution < 1.29 is 23.1 Å². The Balaban J connectivity index is 1.82. The van der Waals surface area contributed by atoms with E-state index in [1.165, 1.54) is 18.2 Å². The number of benzene rings is 2. The molecule has 0 fully saturated rings. The molecule has 0 saturated heterocycles. The number of fused-ring (bicyclic) bond motifs is 1. The number of hydrogen-bond acceptors (Lipinski definition) is 5. The molecule has 0 radical (unpaired) electrons. The molecule has 0 aliphatic carbocycles. The molecular weight excluding hydrogens is 435 g/mol. The Morgan fingerprint density at radius 1 is 1.07 bits per heavy atom. The zero-order chi connectivity index (χ0) is 19.8. The molecule has 0 unspecified atom stereocenters. The molecule has 0 aliphatic rings. The minimum Gasteiger partial charge on any atom is -0.478 e. The summed E-state index contributed by atoms with van der Waals surface area (Å²) in [5, 5.41) is 10.1. The molecule has 1 amide bonds. The van der Waals surface area contributed by atoms with Crippen LogP contribution in [0.25, 0.3) is 10.1 Å². The summed E-state index contributed by atoms with van der Waals surface area (Å²) in [6.07, 6.45) is 0. The van der Waals surface area contributed by atoms with E-state index in [1.54, 1.807) is 18.2 Å². The SMILES string of the molecule is O=C(O)c1cccc(S(=O)(=O)NNC(=O)c2sc3ccc(Cl)cc3c2Cl)c1. The Morgan fingerprint density at radius 2 is 1.81 bits per heavy atom. The minimum atomic E-state index is -4.17. The fraction of sp³-hybridized carbons (Fsp3) is 0. The molecule has 3 N–H and O–H groups in total. The summed E-state index contributed by atoms with van der Waals surface area (Å²) in [5.74, 6) is -2.03. The Labute approximate surface area is 167 Å². The standard InChI is InChI=1S/C16H10Cl2N2O5S2/c17-9-4-5-12-11(7-9)13(18)14(26-12)15(21)19-20-27(24,25)10-3-1-2-8(6-10)16(22)23/h1-7,20H,(H,19,21)(H,22,23). The van der Waals surface area contributed by atoms with E-state index < -0.39 is 21.9 Å². The van der Waals surface area contributed by atoms with Gasteiger partial charge in [-0.1, -0.05) is 29.3 Å². The summed E-state index contributed by atoms with van der Waals surface area (Å²) in [5.41, 5.74) is 1.87. The monoisotopic (exact) mass is 444 g/mol. The van der Waals surface area contributed by atoms with Gasteiger partial charge < -0.3 is 5.11 Å². The Kier molecular flexibility index (Phi) is 5.41. The fourth-order valence-electron chi connectivity index (χ4n) is 2.21. The lowest BCUT2D eigenvalue weighted by Gasteiger charge is -2.08. The fourth-order valence-corrected chi connectivity index (χ4v) is 4.65. The number of rotatable bonds is 5. The normalized spacial score (nSPS) is 11.5. The maximum Gasteiger partial charge on any atom is 0.335 e. The van der Waals surface area contributed by atoms with Gasteiger partial charge in [0.1, 0.15) is 4.88 Å². The third-order valence-electron chi connectivity index (χ3n) is 3.49. The van der Waals surface area contributed by atoms with E-state index in [0.717, 1.165) is 17.4 Å². The molecule has 0 bridgehead atoms. The summed E-state index contributed by atoms with van der Waals surface area (Å²) in [6, 6.07) is 9.67. The predicted octanol–water partition coefficient (Wildman–Crippen LogP) is 3.53. The summed E-state index contributed by atoms with van der Waals surface area (Å²) < 4.78 is 25.3. The van der Waals surface area contributed by atoms with E-state index in [1.807, 2.05) is 4.83 Å². The number of amides is 1. The number of aromatic carboxylic acids is 1. The molecule has 1 aromatic heterocycles. The van der Waals surface area contributed by atoms with Crippen LogP contribution in [0.15, 0.2) is 47.4 Å². The van der Waals surface area contributed by atoms with E-state index in [9.17, 15) is 18.0 Å². The summed E-state index contributed by atoms with van der Waals surface area (Å²) in [7, 11) is -4.17. The number of nitrogens with one attached hydrogen (secondary N) is 2. The van der Waals surface area contributed by atoms with Gasteiger partial charge in [0.2, 0.25) is 0 Å². The average molecular weight is 445 g/mol. The molecule has 140 valence electrons. The van der Waals surface area contributed by atoms with Gasteiger partial charge in [-0.15, -0.1) is 16.2 Å². The number of carboxylic acid groups (broad SMARTS) is 1. The molecule has 7 nitrogen and oxygen atoms in total. The highest BCUT2D eigenvalue weighted by Gasteiger charge is 2.21. The quantitative estimate of drug-likeness (QED) is 0.520. The third-order valence-corrected chi connectivity index (χ3v) is 6.64. The number of sulfonamides is 1. The molecule has 27 heavy (non-hydrogen) atoms. The minimum absolute atomic E-state index is 0.107. The topological polar surface area (TPSA) is 113 Å². The predicted molar refractivity (Wildman–Crippen MR) is 103 cm³/mol. The van der Waals surface area contributed by atoms with Gasteiger partial charge in [-0.25, -0.2) is 13.2 Å².